The molecule has 1 unspecified atom stereocenters. The van der Waals surface area contributed by atoms with Crippen molar-refractivity contribution in [3.8, 4) is 0 Å². The molecule has 0 N–H and O–H groups in total. The molecule has 7 heteroatoms. The van der Waals surface area contributed by atoms with Gasteiger partial charge < -0.3 is 4.74 Å². The van der Waals surface area contributed by atoms with Crippen molar-refractivity contribution >= 4 is 21.9 Å². The minimum Gasteiger partial charge on any atom is -0.460 e. The Kier molecular flexibility index (Phi) is 8.40. The van der Waals surface area contributed by atoms with Gasteiger partial charge >= 0.3 is 5.97 Å². The Hall–Kier alpha value is -2.54. The van der Waals surface area contributed by atoms with E-state index in [0.29, 0.717) is 25.2 Å². The van der Waals surface area contributed by atoms with Crippen molar-refractivity contribution in [3.63, 3.8) is 0 Å². The fourth-order valence-electron chi connectivity index (χ4n) is 3.79. The van der Waals surface area contributed by atoms with Crippen LogP contribution in [0.5, 0.6) is 0 Å². The Morgan fingerprint density at radius 3 is 2.30 bits per heavy atom. The summed E-state index contributed by atoms with van der Waals surface area (Å²) in [5.74, 6) is -0.210. The van der Waals surface area contributed by atoms with E-state index in [2.05, 4.69) is 76.5 Å². The lowest BCUT2D eigenvalue weighted by atomic mass is 9.83. The van der Waals surface area contributed by atoms with Crippen LogP contribution in [-0.4, -0.2) is 31.8 Å². The first-order valence-corrected chi connectivity index (χ1v) is 12.2. The first-order chi connectivity index (χ1) is 15.6. The molecule has 0 aliphatic heterocycles. The van der Waals surface area contributed by atoms with E-state index in [1.807, 2.05) is 32.9 Å². The fraction of sp³-hybridized carbons (Fsp3) is 0.462. The Bertz CT molecular complexity index is 1040. The molecule has 0 spiro atoms. The molecule has 176 valence electrons. The van der Waals surface area contributed by atoms with Crippen molar-refractivity contribution in [2.24, 2.45) is 5.92 Å². The molecule has 0 aliphatic rings. The second-order valence-electron chi connectivity index (χ2n) is 9.53. The molecule has 2 atom stereocenters. The number of esters is 1. The molecule has 0 saturated heterocycles. The maximum atomic E-state index is 13.2. The maximum Gasteiger partial charge on any atom is 0.310 e. The lowest BCUT2D eigenvalue weighted by molar-refractivity contribution is -0.161. The Morgan fingerprint density at radius 1 is 1.06 bits per heavy atom. The maximum absolute atomic E-state index is 13.2. The summed E-state index contributed by atoms with van der Waals surface area (Å²) in [5, 5.41) is 13.4. The summed E-state index contributed by atoms with van der Waals surface area (Å²) in [7, 11) is 0. The lowest BCUT2D eigenvalue weighted by Crippen LogP contribution is -2.33. The third-order valence-electron chi connectivity index (χ3n) is 5.41. The Balaban J connectivity index is 1.91. The number of carbonyl (C=O) groups is 1. The second-order valence-corrected chi connectivity index (χ2v) is 10.4. The molecule has 1 aromatic heterocycles. The summed E-state index contributed by atoms with van der Waals surface area (Å²) in [6.45, 7) is 10.4. The first-order valence-electron chi connectivity index (χ1n) is 11.4. The van der Waals surface area contributed by atoms with Gasteiger partial charge in [0.15, 0.2) is 5.82 Å². The summed E-state index contributed by atoms with van der Waals surface area (Å²) in [5.41, 5.74) is 2.87. The number of aryl methyl sites for hydroxylation is 1. The topological polar surface area (TPSA) is 69.9 Å². The zero-order chi connectivity index (χ0) is 24.0. The molecule has 3 aromatic rings. The molecule has 33 heavy (non-hydrogen) atoms. The van der Waals surface area contributed by atoms with Crippen molar-refractivity contribution < 1.29 is 9.53 Å². The molecule has 0 amide bonds. The number of aromatic nitrogens is 4. The van der Waals surface area contributed by atoms with Crippen LogP contribution in [0.1, 0.15) is 69.0 Å². The number of rotatable bonds is 9. The summed E-state index contributed by atoms with van der Waals surface area (Å²) in [6, 6.07) is 16.4. The highest BCUT2D eigenvalue weighted by atomic mass is 79.9. The smallest absolute Gasteiger partial charge is 0.310 e. The van der Waals surface area contributed by atoms with Gasteiger partial charge in [0, 0.05) is 10.4 Å². The van der Waals surface area contributed by atoms with E-state index in [4.69, 9.17) is 9.84 Å². The molecular formula is C26H33BrN4O2. The highest BCUT2D eigenvalue weighted by Crippen LogP contribution is 2.32. The van der Waals surface area contributed by atoms with E-state index in [0.717, 1.165) is 22.0 Å². The van der Waals surface area contributed by atoms with Gasteiger partial charge in [0.1, 0.15) is 5.60 Å². The van der Waals surface area contributed by atoms with E-state index in [9.17, 15) is 4.79 Å². The SMILES string of the molecule is CCCC(C(=O)OC(C)(C)C)[C@H](Cc1ccc(Br)cc1)c1nnn(Cc2ccc(C)cc2)n1. The molecule has 0 aliphatic carbocycles. The highest BCUT2D eigenvalue weighted by molar-refractivity contribution is 9.10. The van der Waals surface area contributed by atoms with Crippen LogP contribution in [0.15, 0.2) is 53.0 Å². The lowest BCUT2D eigenvalue weighted by Gasteiger charge is -2.28. The van der Waals surface area contributed by atoms with E-state index in [1.165, 1.54) is 5.56 Å². The number of tetrazole rings is 1. The second kappa shape index (κ2) is 11.1. The minimum absolute atomic E-state index is 0.207. The number of benzene rings is 2. The van der Waals surface area contributed by atoms with Crippen LogP contribution in [0.4, 0.5) is 0 Å². The third kappa shape index (κ3) is 7.49. The number of hydrogen-bond acceptors (Lipinski definition) is 5. The molecule has 0 bridgehead atoms. The van der Waals surface area contributed by atoms with Gasteiger partial charge in [-0.05, 0) is 69.0 Å². The quantitative estimate of drug-likeness (QED) is 0.335. The molecule has 0 radical (unpaired) electrons. The average Bonchev–Trinajstić information content (AvgIpc) is 3.20. The van der Waals surface area contributed by atoms with Crippen molar-refractivity contribution in [2.45, 2.75) is 71.9 Å². The molecule has 1 heterocycles. The van der Waals surface area contributed by atoms with Crippen LogP contribution in [0, 0.1) is 12.8 Å². The predicted molar refractivity (Wildman–Crippen MR) is 133 cm³/mol. The van der Waals surface area contributed by atoms with Gasteiger partial charge in [-0.25, -0.2) is 0 Å². The number of hydrogen-bond donors (Lipinski definition) is 0. The van der Waals surface area contributed by atoms with Crippen LogP contribution in [0.25, 0.3) is 0 Å². The van der Waals surface area contributed by atoms with Gasteiger partial charge in [-0.15, -0.1) is 10.2 Å². The largest absolute Gasteiger partial charge is 0.460 e. The third-order valence-corrected chi connectivity index (χ3v) is 5.94. The van der Waals surface area contributed by atoms with Crippen molar-refractivity contribution in [3.05, 3.63) is 75.5 Å². The van der Waals surface area contributed by atoms with Crippen molar-refractivity contribution in [1.29, 1.82) is 0 Å². The zero-order valence-electron chi connectivity index (χ0n) is 20.1. The van der Waals surface area contributed by atoms with Crippen LogP contribution in [0.3, 0.4) is 0 Å². The summed E-state index contributed by atoms with van der Waals surface area (Å²) in [4.78, 5) is 14.8. The standard InChI is InChI=1S/C26H33BrN4O2/c1-6-7-22(25(32)33-26(3,4)5)23(16-19-12-14-21(27)15-13-19)24-28-30-31(29-24)17-20-10-8-18(2)9-11-20/h8-15,22-23H,6-7,16-17H2,1-5H3/t22?,23-/m0/s1. The summed E-state index contributed by atoms with van der Waals surface area (Å²) < 4.78 is 6.81. The number of nitrogens with zero attached hydrogens (tertiary/aromatic N) is 4. The molecule has 2 aromatic carbocycles. The van der Waals surface area contributed by atoms with Crippen molar-refractivity contribution in [2.75, 3.05) is 0 Å². The first kappa shape index (κ1) is 25.1. The average molecular weight is 513 g/mol. The predicted octanol–water partition coefficient (Wildman–Crippen LogP) is 5.88. The van der Waals surface area contributed by atoms with Crippen LogP contribution < -0.4 is 0 Å². The van der Waals surface area contributed by atoms with Gasteiger partial charge in [0.2, 0.25) is 0 Å². The fourth-order valence-corrected chi connectivity index (χ4v) is 4.05. The Morgan fingerprint density at radius 2 is 1.70 bits per heavy atom. The van der Waals surface area contributed by atoms with E-state index < -0.39 is 5.60 Å². The number of carbonyl (C=O) groups excluding carboxylic acids is 1. The minimum atomic E-state index is -0.554. The van der Waals surface area contributed by atoms with Crippen LogP contribution in [0.2, 0.25) is 0 Å². The van der Waals surface area contributed by atoms with E-state index in [1.54, 1.807) is 4.80 Å². The van der Waals surface area contributed by atoms with Gasteiger partial charge in [0.05, 0.1) is 12.5 Å². The monoisotopic (exact) mass is 512 g/mol. The molecular weight excluding hydrogens is 480 g/mol. The van der Waals surface area contributed by atoms with E-state index in [-0.39, 0.29) is 17.8 Å². The van der Waals surface area contributed by atoms with Crippen molar-refractivity contribution in [1.82, 2.24) is 20.2 Å². The molecule has 3 rings (SSSR count). The van der Waals surface area contributed by atoms with E-state index >= 15 is 0 Å². The van der Waals surface area contributed by atoms with Gasteiger partial charge in [0.25, 0.3) is 0 Å². The molecule has 0 fully saturated rings. The summed E-state index contributed by atoms with van der Waals surface area (Å²) in [6.07, 6.45) is 2.19. The van der Waals surface area contributed by atoms with Crippen LogP contribution >= 0.6 is 15.9 Å². The highest BCUT2D eigenvalue weighted by Gasteiger charge is 2.35. The Labute approximate surface area is 204 Å². The number of ether oxygens (including phenoxy) is 1. The zero-order valence-corrected chi connectivity index (χ0v) is 21.7. The summed E-state index contributed by atoms with van der Waals surface area (Å²) >= 11 is 3.49. The van der Waals surface area contributed by atoms with Gasteiger partial charge in [-0.2, -0.15) is 4.80 Å². The normalized spacial score (nSPS) is 13.5. The molecule has 0 saturated carbocycles. The molecule has 6 nitrogen and oxygen atoms in total. The van der Waals surface area contributed by atoms with Gasteiger partial charge in [-0.3, -0.25) is 4.79 Å². The number of halogens is 1. The van der Waals surface area contributed by atoms with Gasteiger partial charge in [-0.1, -0.05) is 71.2 Å². The van der Waals surface area contributed by atoms with Crippen LogP contribution in [-0.2, 0) is 22.5 Å².